The van der Waals surface area contributed by atoms with Crippen molar-refractivity contribution in [3.05, 3.63) is 65.7 Å². The highest BCUT2D eigenvalue weighted by Gasteiger charge is 2.12. The van der Waals surface area contributed by atoms with Gasteiger partial charge in [0.2, 0.25) is 0 Å². The number of furan rings is 1. The number of thiazole rings is 1. The molecule has 0 saturated heterocycles. The number of halogens is 1. The van der Waals surface area contributed by atoms with Gasteiger partial charge in [-0.15, -0.1) is 11.3 Å². The second-order valence-electron chi connectivity index (χ2n) is 5.44. The predicted molar refractivity (Wildman–Crippen MR) is 97.3 cm³/mol. The van der Waals surface area contributed by atoms with Gasteiger partial charge in [-0.3, -0.25) is 0 Å². The number of hydrogen-bond acceptors (Lipinski definition) is 3. The monoisotopic (exact) mass is 335 g/mol. The first-order chi connectivity index (χ1) is 11.3. The Morgan fingerprint density at radius 1 is 0.870 bits per heavy atom. The van der Waals surface area contributed by atoms with Crippen LogP contribution in [0.5, 0.6) is 0 Å². The van der Waals surface area contributed by atoms with Crippen molar-refractivity contribution in [1.29, 1.82) is 0 Å². The Morgan fingerprint density at radius 3 is 2.57 bits per heavy atom. The summed E-state index contributed by atoms with van der Waals surface area (Å²) in [4.78, 5) is 4.79. The van der Waals surface area contributed by atoms with Gasteiger partial charge in [0.05, 0.1) is 10.2 Å². The SMILES string of the molecule is Clc1ccc2c(c1)oc1cc3sc(-c4ccccc4)nc3cc12. The fraction of sp³-hybridized carbons (Fsp3) is 0. The fourth-order valence-electron chi connectivity index (χ4n) is 2.88. The molecule has 2 nitrogen and oxygen atoms in total. The van der Waals surface area contributed by atoms with Crippen molar-refractivity contribution in [2.75, 3.05) is 0 Å². The molecule has 0 bridgehead atoms. The molecule has 0 atom stereocenters. The van der Waals surface area contributed by atoms with Crippen molar-refractivity contribution in [1.82, 2.24) is 4.98 Å². The lowest BCUT2D eigenvalue weighted by atomic mass is 10.1. The molecule has 0 unspecified atom stereocenters. The van der Waals surface area contributed by atoms with Crippen LogP contribution in [0, 0.1) is 0 Å². The highest BCUT2D eigenvalue weighted by Crippen LogP contribution is 2.37. The smallest absolute Gasteiger partial charge is 0.136 e. The molecule has 2 aromatic heterocycles. The van der Waals surface area contributed by atoms with Gasteiger partial charge in [0, 0.05) is 33.5 Å². The number of nitrogens with zero attached hydrogens (tertiary/aromatic N) is 1. The first-order valence-electron chi connectivity index (χ1n) is 7.26. The Balaban J connectivity index is 1.79. The third-order valence-electron chi connectivity index (χ3n) is 3.96. The van der Waals surface area contributed by atoms with Crippen LogP contribution >= 0.6 is 22.9 Å². The highest BCUT2D eigenvalue weighted by atomic mass is 35.5. The molecule has 0 saturated carbocycles. The van der Waals surface area contributed by atoms with E-state index < -0.39 is 0 Å². The van der Waals surface area contributed by atoms with E-state index in [1.54, 1.807) is 11.3 Å². The summed E-state index contributed by atoms with van der Waals surface area (Å²) < 4.78 is 7.08. The summed E-state index contributed by atoms with van der Waals surface area (Å²) in [6.45, 7) is 0. The molecular weight excluding hydrogens is 326 g/mol. The minimum absolute atomic E-state index is 0.683. The summed E-state index contributed by atoms with van der Waals surface area (Å²) in [6, 6.07) is 20.2. The molecule has 0 fully saturated rings. The summed E-state index contributed by atoms with van der Waals surface area (Å²) in [7, 11) is 0. The summed E-state index contributed by atoms with van der Waals surface area (Å²) in [5.74, 6) is 0. The quantitative estimate of drug-likeness (QED) is 0.348. The van der Waals surface area contributed by atoms with Crippen molar-refractivity contribution >= 4 is 55.1 Å². The minimum Gasteiger partial charge on any atom is -0.456 e. The van der Waals surface area contributed by atoms with Crippen LogP contribution in [0.25, 0.3) is 42.7 Å². The van der Waals surface area contributed by atoms with E-state index in [9.17, 15) is 0 Å². The van der Waals surface area contributed by atoms with Gasteiger partial charge in [-0.1, -0.05) is 41.9 Å². The van der Waals surface area contributed by atoms with Crippen LogP contribution in [0.4, 0.5) is 0 Å². The maximum Gasteiger partial charge on any atom is 0.136 e. The zero-order chi connectivity index (χ0) is 15.4. The molecule has 4 heteroatoms. The molecule has 0 radical (unpaired) electrons. The summed E-state index contributed by atoms with van der Waals surface area (Å²) in [5.41, 5.74) is 3.83. The summed E-state index contributed by atoms with van der Waals surface area (Å²) >= 11 is 7.73. The molecule has 5 rings (SSSR count). The second kappa shape index (κ2) is 4.82. The van der Waals surface area contributed by atoms with Gasteiger partial charge in [0.25, 0.3) is 0 Å². The van der Waals surface area contributed by atoms with Crippen LogP contribution in [-0.4, -0.2) is 4.98 Å². The van der Waals surface area contributed by atoms with Crippen LogP contribution < -0.4 is 0 Å². The summed E-state index contributed by atoms with van der Waals surface area (Å²) in [6.07, 6.45) is 0. The van der Waals surface area contributed by atoms with Gasteiger partial charge in [0.15, 0.2) is 0 Å². The molecule has 0 aliphatic carbocycles. The van der Waals surface area contributed by atoms with Crippen molar-refractivity contribution < 1.29 is 4.42 Å². The van der Waals surface area contributed by atoms with Crippen LogP contribution in [0.2, 0.25) is 5.02 Å². The van der Waals surface area contributed by atoms with Gasteiger partial charge < -0.3 is 4.42 Å². The maximum absolute atomic E-state index is 6.05. The molecule has 3 aromatic carbocycles. The third kappa shape index (κ3) is 2.05. The molecule has 0 N–H and O–H groups in total. The topological polar surface area (TPSA) is 26.0 Å². The Labute approximate surface area is 140 Å². The first kappa shape index (κ1) is 13.1. The van der Waals surface area contributed by atoms with E-state index in [1.807, 2.05) is 36.4 Å². The van der Waals surface area contributed by atoms with Crippen LogP contribution in [0.15, 0.2) is 65.1 Å². The van der Waals surface area contributed by atoms with E-state index in [-0.39, 0.29) is 0 Å². The minimum atomic E-state index is 0.683. The number of fused-ring (bicyclic) bond motifs is 4. The number of benzene rings is 3. The Bertz CT molecular complexity index is 1170. The zero-order valence-electron chi connectivity index (χ0n) is 11.9. The van der Waals surface area contributed by atoms with Crippen LogP contribution in [0.1, 0.15) is 0 Å². The maximum atomic E-state index is 6.05. The van der Waals surface area contributed by atoms with Crippen LogP contribution in [-0.2, 0) is 0 Å². The largest absolute Gasteiger partial charge is 0.456 e. The Morgan fingerprint density at radius 2 is 1.70 bits per heavy atom. The lowest BCUT2D eigenvalue weighted by Gasteiger charge is -1.92. The number of rotatable bonds is 1. The number of hydrogen-bond donors (Lipinski definition) is 0. The van der Waals surface area contributed by atoms with Gasteiger partial charge in [0.1, 0.15) is 16.2 Å². The van der Waals surface area contributed by atoms with E-state index in [0.29, 0.717) is 5.02 Å². The molecule has 110 valence electrons. The van der Waals surface area contributed by atoms with E-state index >= 15 is 0 Å². The Hall–Kier alpha value is -2.36. The molecule has 5 aromatic rings. The van der Waals surface area contributed by atoms with Gasteiger partial charge >= 0.3 is 0 Å². The predicted octanol–water partition coefficient (Wildman–Crippen LogP) is 6.52. The molecule has 23 heavy (non-hydrogen) atoms. The lowest BCUT2D eigenvalue weighted by molar-refractivity contribution is 0.669. The van der Waals surface area contributed by atoms with E-state index in [0.717, 1.165) is 42.7 Å². The molecular formula is C19H10ClNOS. The third-order valence-corrected chi connectivity index (χ3v) is 5.27. The van der Waals surface area contributed by atoms with E-state index in [2.05, 4.69) is 24.3 Å². The van der Waals surface area contributed by atoms with Crippen molar-refractivity contribution in [3.8, 4) is 10.6 Å². The number of aromatic nitrogens is 1. The average Bonchev–Trinajstić information content (AvgIpc) is 3.13. The normalized spacial score (nSPS) is 11.7. The molecule has 0 spiro atoms. The van der Waals surface area contributed by atoms with Crippen molar-refractivity contribution in [2.45, 2.75) is 0 Å². The first-order valence-corrected chi connectivity index (χ1v) is 8.45. The molecule has 0 aliphatic rings. The average molecular weight is 336 g/mol. The van der Waals surface area contributed by atoms with E-state index in [1.165, 1.54) is 0 Å². The fourth-order valence-corrected chi connectivity index (χ4v) is 4.02. The molecule has 0 amide bonds. The zero-order valence-corrected chi connectivity index (χ0v) is 13.5. The highest BCUT2D eigenvalue weighted by molar-refractivity contribution is 7.21. The molecule has 2 heterocycles. The Kier molecular flexibility index (Phi) is 2.75. The molecule has 0 aliphatic heterocycles. The van der Waals surface area contributed by atoms with Crippen LogP contribution in [0.3, 0.4) is 0 Å². The summed E-state index contributed by atoms with van der Waals surface area (Å²) in [5, 5.41) is 3.86. The van der Waals surface area contributed by atoms with Gasteiger partial charge in [-0.05, 0) is 18.2 Å². The van der Waals surface area contributed by atoms with Gasteiger partial charge in [-0.2, -0.15) is 0 Å². The lowest BCUT2D eigenvalue weighted by Crippen LogP contribution is -1.74. The van der Waals surface area contributed by atoms with Gasteiger partial charge in [-0.25, -0.2) is 4.98 Å². The van der Waals surface area contributed by atoms with E-state index in [4.69, 9.17) is 21.0 Å². The second-order valence-corrected chi connectivity index (χ2v) is 6.91. The standard InChI is InChI=1S/C19H10ClNOS/c20-12-6-7-13-14-9-15-18(10-17(14)22-16(13)8-12)23-19(21-15)11-4-2-1-3-5-11/h1-10H. The van der Waals surface area contributed by atoms with Crippen molar-refractivity contribution in [3.63, 3.8) is 0 Å². The van der Waals surface area contributed by atoms with Crippen molar-refractivity contribution in [2.24, 2.45) is 0 Å².